The van der Waals surface area contributed by atoms with Gasteiger partial charge in [-0.3, -0.25) is 4.79 Å². The molecule has 144 valence electrons. The second kappa shape index (κ2) is 8.08. The molecule has 5 nitrogen and oxygen atoms in total. The van der Waals surface area contributed by atoms with Crippen molar-refractivity contribution in [3.8, 4) is 0 Å². The average Bonchev–Trinajstić information content (AvgIpc) is 3.13. The molecule has 1 saturated heterocycles. The van der Waals surface area contributed by atoms with Crippen molar-refractivity contribution in [2.45, 2.75) is 36.7 Å². The highest BCUT2D eigenvalue weighted by molar-refractivity contribution is 9.10. The molecule has 2 aromatic rings. The van der Waals surface area contributed by atoms with E-state index in [1.807, 2.05) is 31.2 Å². The Bertz CT molecular complexity index is 951. The van der Waals surface area contributed by atoms with Gasteiger partial charge in [-0.05, 0) is 43.5 Å². The number of hydrogen-bond donors (Lipinski definition) is 1. The van der Waals surface area contributed by atoms with E-state index in [2.05, 4.69) is 21.2 Å². The first kappa shape index (κ1) is 20.0. The van der Waals surface area contributed by atoms with Crippen LogP contribution < -0.4 is 5.32 Å². The number of carbonyl (C=O) groups is 1. The van der Waals surface area contributed by atoms with Crippen LogP contribution in [0.3, 0.4) is 0 Å². The molecular weight excluding hydrogens is 435 g/mol. The van der Waals surface area contributed by atoms with E-state index in [9.17, 15) is 17.6 Å². The minimum Gasteiger partial charge on any atom is -0.348 e. The van der Waals surface area contributed by atoms with Crippen molar-refractivity contribution in [1.29, 1.82) is 0 Å². The Hall–Kier alpha value is -1.77. The van der Waals surface area contributed by atoms with Gasteiger partial charge in [0.05, 0.1) is 6.04 Å². The topological polar surface area (TPSA) is 66.5 Å². The Morgan fingerprint density at radius 3 is 2.59 bits per heavy atom. The number of nitrogens with one attached hydrogen (secondary N) is 1. The van der Waals surface area contributed by atoms with Gasteiger partial charge in [0, 0.05) is 11.0 Å². The molecule has 2 aromatic carbocycles. The van der Waals surface area contributed by atoms with Crippen molar-refractivity contribution < 1.29 is 17.6 Å². The predicted octanol–water partition coefficient (Wildman–Crippen LogP) is 3.62. The van der Waals surface area contributed by atoms with E-state index in [1.54, 1.807) is 0 Å². The molecule has 8 heteroatoms. The zero-order valence-corrected chi connectivity index (χ0v) is 17.1. The van der Waals surface area contributed by atoms with E-state index >= 15 is 0 Å². The van der Waals surface area contributed by atoms with E-state index in [-0.39, 0.29) is 18.5 Å². The third kappa shape index (κ3) is 4.07. The minimum atomic E-state index is -4.08. The largest absolute Gasteiger partial charge is 0.348 e. The zero-order valence-electron chi connectivity index (χ0n) is 14.7. The van der Waals surface area contributed by atoms with Gasteiger partial charge >= 0.3 is 0 Å². The molecule has 0 aliphatic carbocycles. The molecule has 2 atom stereocenters. The fourth-order valence-corrected chi connectivity index (χ4v) is 5.64. The van der Waals surface area contributed by atoms with Gasteiger partial charge in [-0.1, -0.05) is 46.3 Å². The summed E-state index contributed by atoms with van der Waals surface area (Å²) < 4.78 is 41.8. The highest BCUT2D eigenvalue weighted by Crippen LogP contribution is 2.29. The molecule has 1 heterocycles. The molecule has 1 aliphatic heterocycles. The number of carbonyl (C=O) groups excluding carboxylic acids is 1. The maximum absolute atomic E-state index is 14.0. The van der Waals surface area contributed by atoms with E-state index in [4.69, 9.17) is 0 Å². The first-order valence-electron chi connectivity index (χ1n) is 8.63. The fourth-order valence-electron chi connectivity index (χ4n) is 3.28. The Labute approximate surface area is 166 Å². The highest BCUT2D eigenvalue weighted by atomic mass is 79.9. The van der Waals surface area contributed by atoms with Gasteiger partial charge < -0.3 is 5.32 Å². The third-order valence-electron chi connectivity index (χ3n) is 4.66. The molecule has 0 spiro atoms. The Morgan fingerprint density at radius 1 is 1.22 bits per heavy atom. The predicted molar refractivity (Wildman–Crippen MR) is 104 cm³/mol. The quantitative estimate of drug-likeness (QED) is 0.749. The number of halogens is 2. The van der Waals surface area contributed by atoms with Gasteiger partial charge in [-0.15, -0.1) is 0 Å². The molecule has 27 heavy (non-hydrogen) atoms. The molecule has 3 rings (SSSR count). The van der Waals surface area contributed by atoms with E-state index in [0.717, 1.165) is 20.4 Å². The van der Waals surface area contributed by atoms with Crippen molar-refractivity contribution in [2.75, 3.05) is 6.54 Å². The van der Waals surface area contributed by atoms with Crippen LogP contribution in [0, 0.1) is 5.82 Å². The molecule has 0 aromatic heterocycles. The Balaban J connectivity index is 1.81. The number of hydrogen-bond acceptors (Lipinski definition) is 3. The van der Waals surface area contributed by atoms with Gasteiger partial charge in [0.25, 0.3) is 0 Å². The number of sulfonamides is 1. The van der Waals surface area contributed by atoms with Crippen LogP contribution in [-0.4, -0.2) is 31.2 Å². The first-order chi connectivity index (χ1) is 12.8. The monoisotopic (exact) mass is 454 g/mol. The van der Waals surface area contributed by atoms with Crippen LogP contribution in [0.4, 0.5) is 4.39 Å². The summed E-state index contributed by atoms with van der Waals surface area (Å²) in [6.07, 6.45) is 0.956. The normalized spacial score (nSPS) is 19.0. The van der Waals surface area contributed by atoms with E-state index in [1.165, 1.54) is 18.2 Å². The molecular formula is C19H20BrFN2O3S. The first-order valence-corrected chi connectivity index (χ1v) is 10.9. The van der Waals surface area contributed by atoms with Crippen molar-refractivity contribution in [3.63, 3.8) is 0 Å². The summed E-state index contributed by atoms with van der Waals surface area (Å²) in [4.78, 5) is 12.4. The SMILES string of the molecule is CC(NC(=O)C1CCCN1S(=O)(=O)c1ccccc1F)c1ccccc1Br. The van der Waals surface area contributed by atoms with Crippen molar-refractivity contribution in [3.05, 3.63) is 64.4 Å². The maximum Gasteiger partial charge on any atom is 0.246 e. The van der Waals surface area contributed by atoms with Gasteiger partial charge in [-0.2, -0.15) is 4.31 Å². The lowest BCUT2D eigenvalue weighted by molar-refractivity contribution is -0.124. The van der Waals surface area contributed by atoms with Crippen LogP contribution in [0.25, 0.3) is 0 Å². The molecule has 0 radical (unpaired) electrons. The summed E-state index contributed by atoms with van der Waals surface area (Å²) in [7, 11) is -4.08. The molecule has 1 amide bonds. The zero-order chi connectivity index (χ0) is 19.6. The van der Waals surface area contributed by atoms with Crippen LogP contribution in [0.15, 0.2) is 57.9 Å². The van der Waals surface area contributed by atoms with E-state index < -0.39 is 26.8 Å². The smallest absolute Gasteiger partial charge is 0.246 e. The van der Waals surface area contributed by atoms with Gasteiger partial charge in [-0.25, -0.2) is 12.8 Å². The van der Waals surface area contributed by atoms with Crippen molar-refractivity contribution >= 4 is 31.9 Å². The number of rotatable bonds is 5. The second-order valence-corrected chi connectivity index (χ2v) is 9.17. The molecule has 0 bridgehead atoms. The average molecular weight is 455 g/mol. The summed E-state index contributed by atoms with van der Waals surface area (Å²) in [5.41, 5.74) is 0.896. The summed E-state index contributed by atoms with van der Waals surface area (Å²) in [6, 6.07) is 11.6. The number of nitrogens with zero attached hydrogens (tertiary/aromatic N) is 1. The van der Waals surface area contributed by atoms with Crippen molar-refractivity contribution in [1.82, 2.24) is 9.62 Å². The van der Waals surface area contributed by atoms with Gasteiger partial charge in [0.2, 0.25) is 15.9 Å². The molecule has 1 fully saturated rings. The molecule has 1 N–H and O–H groups in total. The number of benzene rings is 2. The highest BCUT2D eigenvalue weighted by Gasteiger charge is 2.40. The van der Waals surface area contributed by atoms with Crippen LogP contribution in [0.1, 0.15) is 31.4 Å². The van der Waals surface area contributed by atoms with Crippen LogP contribution in [0.5, 0.6) is 0 Å². The third-order valence-corrected chi connectivity index (χ3v) is 7.32. The van der Waals surface area contributed by atoms with Crippen LogP contribution >= 0.6 is 15.9 Å². The lowest BCUT2D eigenvalue weighted by atomic mass is 10.1. The fraction of sp³-hybridized carbons (Fsp3) is 0.316. The molecule has 2 unspecified atom stereocenters. The van der Waals surface area contributed by atoms with Crippen LogP contribution in [-0.2, 0) is 14.8 Å². The lowest BCUT2D eigenvalue weighted by Gasteiger charge is -2.25. The minimum absolute atomic E-state index is 0.193. The van der Waals surface area contributed by atoms with Gasteiger partial charge in [0.1, 0.15) is 16.8 Å². The Morgan fingerprint density at radius 2 is 1.89 bits per heavy atom. The molecule has 0 saturated carbocycles. The number of amides is 1. The summed E-state index contributed by atoms with van der Waals surface area (Å²) >= 11 is 3.45. The maximum atomic E-state index is 14.0. The summed E-state index contributed by atoms with van der Waals surface area (Å²) in [5, 5.41) is 2.88. The summed E-state index contributed by atoms with van der Waals surface area (Å²) in [6.45, 7) is 2.03. The Kier molecular flexibility index (Phi) is 5.98. The van der Waals surface area contributed by atoms with Crippen molar-refractivity contribution in [2.24, 2.45) is 0 Å². The van der Waals surface area contributed by atoms with Gasteiger partial charge in [0.15, 0.2) is 0 Å². The standard InChI is InChI=1S/C19H20BrFN2O3S/c1-13(14-7-2-3-8-15(14)20)22-19(24)17-10-6-12-23(17)27(25,26)18-11-5-4-9-16(18)21/h2-5,7-9,11,13,17H,6,10,12H2,1H3,(H,22,24). The summed E-state index contributed by atoms with van der Waals surface area (Å²) in [5.74, 6) is -1.19. The van der Waals surface area contributed by atoms with E-state index in [0.29, 0.717) is 12.8 Å². The van der Waals surface area contributed by atoms with Crippen LogP contribution in [0.2, 0.25) is 0 Å². The second-order valence-electron chi connectivity index (χ2n) is 6.46. The lowest BCUT2D eigenvalue weighted by Crippen LogP contribution is -2.46. The molecule has 1 aliphatic rings.